The van der Waals surface area contributed by atoms with Gasteiger partial charge in [0.25, 0.3) is 0 Å². The minimum atomic E-state index is -1.85. The van der Waals surface area contributed by atoms with Gasteiger partial charge in [-0.2, -0.15) is 0 Å². The molecule has 22 heavy (non-hydrogen) atoms. The minimum Gasteiger partial charge on any atom is -0.444 e. The lowest BCUT2D eigenvalue weighted by Gasteiger charge is -2.21. The van der Waals surface area contributed by atoms with Crippen LogP contribution in [0, 0.1) is 0 Å². The molecule has 0 aliphatic carbocycles. The van der Waals surface area contributed by atoms with Crippen molar-refractivity contribution < 1.29 is 29.1 Å². The van der Waals surface area contributed by atoms with E-state index in [2.05, 4.69) is 5.32 Å². The molecule has 7 nitrogen and oxygen atoms in total. The Kier molecular flexibility index (Phi) is 5.96. The van der Waals surface area contributed by atoms with Gasteiger partial charge in [-0.25, -0.2) is 4.79 Å². The van der Waals surface area contributed by atoms with Crippen LogP contribution in [0.4, 0.5) is 10.5 Å². The predicted octanol–water partition coefficient (Wildman–Crippen LogP) is 1.03. The van der Waals surface area contributed by atoms with Crippen LogP contribution in [0.1, 0.15) is 34.1 Å². The van der Waals surface area contributed by atoms with Gasteiger partial charge < -0.3 is 19.5 Å². The fourth-order valence-electron chi connectivity index (χ4n) is 1.57. The summed E-state index contributed by atoms with van der Waals surface area (Å²) in [7, 11) is -1.85. The molecule has 120 valence electrons. The molecule has 0 aliphatic heterocycles. The number of hydrogen-bond donors (Lipinski definition) is 3. The van der Waals surface area contributed by atoms with E-state index in [4.69, 9.17) is 9.47 Å². The first-order valence-electron chi connectivity index (χ1n) is 6.83. The standard InChI is InChI=1S/C14H20BNO6/c1-5-11(17)21-12-9(15(19)20)7-6-8-10(12)16-13(18)22-14(2,3)4/h6-8,19-20H,5H2,1-4H3,(H,16,18). The summed E-state index contributed by atoms with van der Waals surface area (Å²) in [5.41, 5.74) is -0.615. The van der Waals surface area contributed by atoms with E-state index >= 15 is 0 Å². The number of esters is 1. The Morgan fingerprint density at radius 3 is 2.41 bits per heavy atom. The fourth-order valence-corrected chi connectivity index (χ4v) is 1.57. The minimum absolute atomic E-state index is 0.0321. The Hall–Kier alpha value is -2.06. The maximum atomic E-state index is 11.8. The molecule has 0 saturated heterocycles. The zero-order valence-corrected chi connectivity index (χ0v) is 13.0. The summed E-state index contributed by atoms with van der Waals surface area (Å²) in [5.74, 6) is -0.685. The van der Waals surface area contributed by atoms with Crippen molar-refractivity contribution in [3.05, 3.63) is 18.2 Å². The van der Waals surface area contributed by atoms with Gasteiger partial charge in [0, 0.05) is 11.9 Å². The number of ether oxygens (including phenoxy) is 2. The molecule has 0 spiro atoms. The average Bonchev–Trinajstić information content (AvgIpc) is 2.37. The molecular weight excluding hydrogens is 289 g/mol. The van der Waals surface area contributed by atoms with Crippen LogP contribution in [-0.4, -0.2) is 34.8 Å². The van der Waals surface area contributed by atoms with Gasteiger partial charge in [0.1, 0.15) is 5.60 Å². The molecule has 0 aliphatic rings. The quantitative estimate of drug-likeness (QED) is 0.436. The highest BCUT2D eigenvalue weighted by molar-refractivity contribution is 6.60. The van der Waals surface area contributed by atoms with Gasteiger partial charge in [-0.15, -0.1) is 0 Å². The van der Waals surface area contributed by atoms with Gasteiger partial charge in [-0.05, 0) is 26.8 Å². The highest BCUT2D eigenvalue weighted by atomic mass is 16.6. The summed E-state index contributed by atoms with van der Waals surface area (Å²) in [6.45, 7) is 6.72. The second kappa shape index (κ2) is 7.28. The molecule has 8 heteroatoms. The number of rotatable bonds is 4. The molecule has 1 aromatic carbocycles. The van der Waals surface area contributed by atoms with Crippen LogP contribution in [0.25, 0.3) is 0 Å². The first-order chi connectivity index (χ1) is 10.1. The zero-order chi connectivity index (χ0) is 16.9. The maximum Gasteiger partial charge on any atom is 0.492 e. The highest BCUT2D eigenvalue weighted by Crippen LogP contribution is 2.23. The summed E-state index contributed by atoms with van der Waals surface area (Å²) in [5, 5.41) is 21.1. The lowest BCUT2D eigenvalue weighted by atomic mass is 9.79. The van der Waals surface area contributed by atoms with Crippen molar-refractivity contribution in [1.82, 2.24) is 0 Å². The van der Waals surface area contributed by atoms with Crippen LogP contribution in [0.15, 0.2) is 18.2 Å². The van der Waals surface area contributed by atoms with Crippen LogP contribution < -0.4 is 15.5 Å². The van der Waals surface area contributed by atoms with Gasteiger partial charge in [-0.1, -0.05) is 19.1 Å². The second-order valence-corrected chi connectivity index (χ2v) is 5.55. The van der Waals surface area contributed by atoms with E-state index in [0.717, 1.165) is 0 Å². The topological polar surface area (TPSA) is 105 Å². The summed E-state index contributed by atoms with van der Waals surface area (Å²) in [6.07, 6.45) is -0.646. The molecule has 1 amide bonds. The molecule has 0 unspecified atom stereocenters. The van der Waals surface area contributed by atoms with E-state index in [0.29, 0.717) is 0 Å². The second-order valence-electron chi connectivity index (χ2n) is 5.55. The number of carbonyl (C=O) groups is 2. The van der Waals surface area contributed by atoms with Gasteiger partial charge in [0.05, 0.1) is 5.69 Å². The van der Waals surface area contributed by atoms with Crippen molar-refractivity contribution in [2.24, 2.45) is 0 Å². The third kappa shape index (κ3) is 5.38. The molecular formula is C14H20BNO6. The summed E-state index contributed by atoms with van der Waals surface area (Å²) in [4.78, 5) is 23.3. The Morgan fingerprint density at radius 1 is 1.27 bits per heavy atom. The van der Waals surface area contributed by atoms with E-state index in [9.17, 15) is 19.6 Å². The number of nitrogens with one attached hydrogen (secondary N) is 1. The monoisotopic (exact) mass is 309 g/mol. The Labute approximate surface area is 129 Å². The van der Waals surface area contributed by atoms with Crippen molar-refractivity contribution in [3.8, 4) is 5.75 Å². The predicted molar refractivity (Wildman–Crippen MR) is 82.1 cm³/mol. The molecule has 1 rings (SSSR count). The first kappa shape index (κ1) is 18.0. The van der Waals surface area contributed by atoms with E-state index in [-0.39, 0.29) is 23.3 Å². The molecule has 0 aromatic heterocycles. The average molecular weight is 309 g/mol. The van der Waals surface area contributed by atoms with Crippen LogP contribution in [0.2, 0.25) is 0 Å². The molecule has 0 saturated carbocycles. The molecule has 3 N–H and O–H groups in total. The molecule has 0 fully saturated rings. The SMILES string of the molecule is CCC(=O)Oc1c(NC(=O)OC(C)(C)C)cccc1B(O)O. The Bertz CT molecular complexity index is 553. The van der Waals surface area contributed by atoms with E-state index in [1.165, 1.54) is 18.2 Å². The molecule has 0 atom stereocenters. The van der Waals surface area contributed by atoms with Gasteiger partial charge in [0.2, 0.25) is 0 Å². The zero-order valence-electron chi connectivity index (χ0n) is 13.0. The molecule has 0 radical (unpaired) electrons. The van der Waals surface area contributed by atoms with Crippen molar-refractivity contribution in [3.63, 3.8) is 0 Å². The number of hydrogen-bond acceptors (Lipinski definition) is 6. The number of benzene rings is 1. The largest absolute Gasteiger partial charge is 0.492 e. The summed E-state index contributed by atoms with van der Waals surface area (Å²) < 4.78 is 10.2. The normalized spacial score (nSPS) is 10.8. The number of anilines is 1. The van der Waals surface area contributed by atoms with Crippen molar-refractivity contribution in [2.45, 2.75) is 39.7 Å². The first-order valence-corrected chi connectivity index (χ1v) is 6.83. The third-order valence-electron chi connectivity index (χ3n) is 2.46. The molecule has 0 heterocycles. The molecule has 0 bridgehead atoms. The molecule has 1 aromatic rings. The van der Waals surface area contributed by atoms with Gasteiger partial charge >= 0.3 is 19.2 Å². The lowest BCUT2D eigenvalue weighted by Crippen LogP contribution is -2.33. The van der Waals surface area contributed by atoms with Crippen molar-refractivity contribution in [2.75, 3.05) is 5.32 Å². The third-order valence-corrected chi connectivity index (χ3v) is 2.46. The number of carbonyl (C=O) groups excluding carboxylic acids is 2. The van der Waals surface area contributed by atoms with Crippen LogP contribution >= 0.6 is 0 Å². The summed E-state index contributed by atoms with van der Waals surface area (Å²) in [6, 6.07) is 4.34. The van der Waals surface area contributed by atoms with Crippen LogP contribution in [0.5, 0.6) is 5.75 Å². The van der Waals surface area contributed by atoms with E-state index < -0.39 is 24.8 Å². The van der Waals surface area contributed by atoms with Crippen molar-refractivity contribution >= 4 is 30.3 Å². The van der Waals surface area contributed by atoms with Crippen LogP contribution in [-0.2, 0) is 9.53 Å². The van der Waals surface area contributed by atoms with Gasteiger partial charge in [0.15, 0.2) is 5.75 Å². The van der Waals surface area contributed by atoms with E-state index in [1.807, 2.05) is 0 Å². The van der Waals surface area contributed by atoms with Crippen LogP contribution in [0.3, 0.4) is 0 Å². The lowest BCUT2D eigenvalue weighted by molar-refractivity contribution is -0.133. The number of amides is 1. The van der Waals surface area contributed by atoms with E-state index in [1.54, 1.807) is 27.7 Å². The Morgan fingerprint density at radius 2 is 1.91 bits per heavy atom. The van der Waals surface area contributed by atoms with Crippen molar-refractivity contribution in [1.29, 1.82) is 0 Å². The van der Waals surface area contributed by atoms with Gasteiger partial charge in [-0.3, -0.25) is 10.1 Å². The Balaban J connectivity index is 3.10. The smallest absolute Gasteiger partial charge is 0.444 e. The fraction of sp³-hybridized carbons (Fsp3) is 0.429. The maximum absolute atomic E-state index is 11.8. The number of para-hydroxylation sites is 1. The summed E-state index contributed by atoms with van der Waals surface area (Å²) >= 11 is 0. The highest BCUT2D eigenvalue weighted by Gasteiger charge is 2.24.